The maximum Gasteiger partial charge on any atom is 0.166 e. The van der Waals surface area contributed by atoms with Gasteiger partial charge in [0.25, 0.3) is 0 Å². The quantitative estimate of drug-likeness (QED) is 0.645. The topological polar surface area (TPSA) is 78.9 Å². The molecule has 0 bridgehead atoms. The molecule has 2 heterocycles. The number of aromatic nitrogens is 2. The van der Waals surface area contributed by atoms with Crippen LogP contribution in [0.15, 0.2) is 36.5 Å². The Morgan fingerprint density at radius 3 is 2.95 bits per heavy atom. The van der Waals surface area contributed by atoms with Crippen molar-refractivity contribution in [1.82, 2.24) is 10.2 Å². The van der Waals surface area contributed by atoms with Gasteiger partial charge in [0, 0.05) is 12.2 Å². The fourth-order valence-electron chi connectivity index (χ4n) is 2.73. The van der Waals surface area contributed by atoms with E-state index in [1.807, 2.05) is 6.07 Å². The molecule has 20 heavy (non-hydrogen) atoms. The molecule has 1 atom stereocenters. The van der Waals surface area contributed by atoms with Gasteiger partial charge in [-0.15, -0.1) is 5.10 Å². The molecule has 5 heteroatoms. The molecule has 1 aromatic heterocycles. The van der Waals surface area contributed by atoms with Crippen LogP contribution in [0.4, 0.5) is 11.5 Å². The summed E-state index contributed by atoms with van der Waals surface area (Å²) in [7, 11) is 0. The van der Waals surface area contributed by atoms with Gasteiger partial charge in [-0.1, -0.05) is 25.1 Å². The van der Waals surface area contributed by atoms with Crippen LogP contribution >= 0.6 is 0 Å². The Balaban J connectivity index is 2.13. The first kappa shape index (κ1) is 12.6. The minimum Gasteiger partial charge on any atom is -0.384 e. The molecule has 1 aliphatic rings. The van der Waals surface area contributed by atoms with E-state index in [4.69, 9.17) is 11.1 Å². The third-order valence-corrected chi connectivity index (χ3v) is 3.59. The summed E-state index contributed by atoms with van der Waals surface area (Å²) in [5, 5.41) is 15.9. The largest absolute Gasteiger partial charge is 0.384 e. The van der Waals surface area contributed by atoms with E-state index < -0.39 is 0 Å². The minimum absolute atomic E-state index is 0.0191. The number of rotatable bonds is 2. The maximum atomic E-state index is 7.71. The minimum atomic E-state index is 0.0191. The van der Waals surface area contributed by atoms with Crippen LogP contribution in [-0.4, -0.2) is 22.6 Å². The van der Waals surface area contributed by atoms with Crippen LogP contribution in [0.5, 0.6) is 0 Å². The molecule has 0 aliphatic carbocycles. The van der Waals surface area contributed by atoms with Crippen molar-refractivity contribution in [1.29, 1.82) is 5.41 Å². The van der Waals surface area contributed by atoms with E-state index in [2.05, 4.69) is 40.2 Å². The number of hydrogen-bond acceptors (Lipinski definition) is 4. The van der Waals surface area contributed by atoms with E-state index in [9.17, 15) is 0 Å². The third-order valence-electron chi connectivity index (χ3n) is 3.59. The average molecular weight is 267 g/mol. The molecule has 102 valence electrons. The monoisotopic (exact) mass is 267 g/mol. The van der Waals surface area contributed by atoms with Crippen LogP contribution in [0.3, 0.4) is 0 Å². The Hall–Kier alpha value is -2.43. The summed E-state index contributed by atoms with van der Waals surface area (Å²) in [6.07, 6.45) is 2.63. The second-order valence-corrected chi connectivity index (χ2v) is 5.23. The number of nitrogens with zero attached hydrogens (tertiary/aromatic N) is 3. The predicted molar refractivity (Wildman–Crippen MR) is 79.4 cm³/mol. The summed E-state index contributed by atoms with van der Waals surface area (Å²) in [6, 6.07) is 10.0. The summed E-state index contributed by atoms with van der Waals surface area (Å²) in [5.41, 5.74) is 8.72. The number of para-hydroxylation sites is 1. The number of nitrogen functional groups attached to an aromatic ring is 1. The number of nitrogens with one attached hydrogen (secondary N) is 1. The first-order chi connectivity index (χ1) is 9.66. The van der Waals surface area contributed by atoms with Crippen LogP contribution < -0.4 is 10.6 Å². The van der Waals surface area contributed by atoms with Crippen molar-refractivity contribution in [3.8, 4) is 0 Å². The highest BCUT2D eigenvalue weighted by Crippen LogP contribution is 2.35. The van der Waals surface area contributed by atoms with Crippen molar-refractivity contribution in [2.45, 2.75) is 13.3 Å². The van der Waals surface area contributed by atoms with Gasteiger partial charge in [-0.25, -0.2) is 0 Å². The van der Waals surface area contributed by atoms with Crippen molar-refractivity contribution < 1.29 is 0 Å². The van der Waals surface area contributed by atoms with Gasteiger partial charge in [-0.3, -0.25) is 5.41 Å². The molecule has 0 spiro atoms. The van der Waals surface area contributed by atoms with Gasteiger partial charge in [0.05, 0.1) is 11.8 Å². The van der Waals surface area contributed by atoms with E-state index in [0.29, 0.717) is 17.3 Å². The fourth-order valence-corrected chi connectivity index (χ4v) is 2.73. The summed E-state index contributed by atoms with van der Waals surface area (Å²) in [5.74, 6) is 1.20. The summed E-state index contributed by atoms with van der Waals surface area (Å²) >= 11 is 0. The van der Waals surface area contributed by atoms with E-state index >= 15 is 0 Å². The first-order valence-corrected chi connectivity index (χ1v) is 6.68. The van der Waals surface area contributed by atoms with Crippen molar-refractivity contribution in [3.63, 3.8) is 0 Å². The standard InChI is InChI=1S/C15H17N5/c1-10-8-11-4-2-3-5-13(11)20(9-10)15-12(14(16)17)6-7-18-19-15/h2-7,10H,8-9H2,1H3,(H3,16,17). The first-order valence-electron chi connectivity index (χ1n) is 6.68. The molecular formula is C15H17N5. The van der Waals surface area contributed by atoms with Gasteiger partial charge in [0.2, 0.25) is 0 Å². The molecule has 1 unspecified atom stereocenters. The molecule has 1 aliphatic heterocycles. The molecule has 0 saturated heterocycles. The Morgan fingerprint density at radius 1 is 1.35 bits per heavy atom. The van der Waals surface area contributed by atoms with Crippen molar-refractivity contribution in [3.05, 3.63) is 47.7 Å². The summed E-state index contributed by atoms with van der Waals surface area (Å²) in [4.78, 5) is 2.12. The lowest BCUT2D eigenvalue weighted by atomic mass is 9.93. The Kier molecular flexibility index (Phi) is 3.10. The van der Waals surface area contributed by atoms with Crippen LogP contribution in [0.25, 0.3) is 0 Å². The smallest absolute Gasteiger partial charge is 0.166 e. The highest BCUT2D eigenvalue weighted by atomic mass is 15.3. The number of hydrogen-bond donors (Lipinski definition) is 2. The van der Waals surface area contributed by atoms with Gasteiger partial charge in [0.15, 0.2) is 5.82 Å². The molecule has 2 aromatic rings. The molecule has 0 radical (unpaired) electrons. The highest BCUT2D eigenvalue weighted by Gasteiger charge is 2.25. The van der Waals surface area contributed by atoms with Crippen LogP contribution in [-0.2, 0) is 6.42 Å². The van der Waals surface area contributed by atoms with Gasteiger partial charge in [-0.05, 0) is 30.0 Å². The second kappa shape index (κ2) is 4.92. The number of amidine groups is 1. The molecule has 1 aromatic carbocycles. The lowest BCUT2D eigenvalue weighted by Crippen LogP contribution is -2.33. The Labute approximate surface area is 118 Å². The summed E-state index contributed by atoms with van der Waals surface area (Å²) in [6.45, 7) is 3.07. The van der Waals surface area contributed by atoms with Crippen LogP contribution in [0.1, 0.15) is 18.1 Å². The lowest BCUT2D eigenvalue weighted by molar-refractivity contribution is 0.559. The lowest BCUT2D eigenvalue weighted by Gasteiger charge is -2.34. The second-order valence-electron chi connectivity index (χ2n) is 5.23. The molecule has 3 N–H and O–H groups in total. The van der Waals surface area contributed by atoms with E-state index in [0.717, 1.165) is 18.7 Å². The third kappa shape index (κ3) is 2.11. The van der Waals surface area contributed by atoms with Gasteiger partial charge in [0.1, 0.15) is 5.84 Å². The molecule has 5 nitrogen and oxygen atoms in total. The van der Waals surface area contributed by atoms with E-state index in [-0.39, 0.29) is 5.84 Å². The Morgan fingerprint density at radius 2 is 2.15 bits per heavy atom. The van der Waals surface area contributed by atoms with Gasteiger partial charge >= 0.3 is 0 Å². The Bertz CT molecular complexity index is 652. The fraction of sp³-hybridized carbons (Fsp3) is 0.267. The van der Waals surface area contributed by atoms with Crippen molar-refractivity contribution >= 4 is 17.3 Å². The number of benzene rings is 1. The normalized spacial score (nSPS) is 17.6. The van der Waals surface area contributed by atoms with E-state index in [1.54, 1.807) is 12.3 Å². The molecular weight excluding hydrogens is 250 g/mol. The molecule has 0 amide bonds. The molecule has 0 saturated carbocycles. The predicted octanol–water partition coefficient (Wildman–Crippen LogP) is 2.09. The van der Waals surface area contributed by atoms with Crippen molar-refractivity contribution in [2.24, 2.45) is 11.7 Å². The average Bonchev–Trinajstić information content (AvgIpc) is 2.46. The van der Waals surface area contributed by atoms with Crippen LogP contribution in [0.2, 0.25) is 0 Å². The van der Waals surface area contributed by atoms with Crippen LogP contribution in [0, 0.1) is 11.3 Å². The zero-order valence-electron chi connectivity index (χ0n) is 11.4. The molecule has 3 rings (SSSR count). The number of anilines is 2. The number of nitrogens with two attached hydrogens (primary N) is 1. The van der Waals surface area contributed by atoms with Gasteiger partial charge < -0.3 is 10.6 Å². The van der Waals surface area contributed by atoms with E-state index in [1.165, 1.54) is 5.56 Å². The summed E-state index contributed by atoms with van der Waals surface area (Å²) < 4.78 is 0. The molecule has 0 fully saturated rings. The number of fused-ring (bicyclic) bond motifs is 1. The SMILES string of the molecule is CC1Cc2ccccc2N(c2nnccc2C(=N)N)C1. The zero-order chi connectivity index (χ0) is 14.1. The van der Waals surface area contributed by atoms with Gasteiger partial charge in [-0.2, -0.15) is 5.10 Å². The highest BCUT2D eigenvalue weighted by molar-refractivity contribution is 6.00. The maximum absolute atomic E-state index is 7.71. The van der Waals surface area contributed by atoms with Crippen molar-refractivity contribution in [2.75, 3.05) is 11.4 Å². The zero-order valence-corrected chi connectivity index (χ0v) is 11.4.